The van der Waals surface area contributed by atoms with Gasteiger partial charge in [-0.2, -0.15) is 0 Å². The summed E-state index contributed by atoms with van der Waals surface area (Å²) < 4.78 is 56.1. The van der Waals surface area contributed by atoms with E-state index in [1.807, 2.05) is 11.9 Å². The summed E-state index contributed by atoms with van der Waals surface area (Å²) in [5.74, 6) is -1.77. The van der Waals surface area contributed by atoms with E-state index in [0.29, 0.717) is 17.9 Å². The Labute approximate surface area is 201 Å². The number of aromatic nitrogens is 2. The van der Waals surface area contributed by atoms with Crippen molar-refractivity contribution in [1.82, 2.24) is 15.3 Å². The first-order valence-corrected chi connectivity index (χ1v) is 12.5. The van der Waals surface area contributed by atoms with Gasteiger partial charge in [0.05, 0.1) is 45.9 Å². The largest absolute Gasteiger partial charge is 0.368 e. The highest BCUT2D eigenvalue weighted by Gasteiger charge is 2.24. The minimum Gasteiger partial charge on any atom is -0.368 e. The lowest BCUT2D eigenvalue weighted by Gasteiger charge is -2.23. The fourth-order valence-electron chi connectivity index (χ4n) is 3.80. The van der Waals surface area contributed by atoms with Gasteiger partial charge in [0, 0.05) is 24.7 Å². The zero-order chi connectivity index (χ0) is 24.3. The molecule has 0 aliphatic carbocycles. The molecular formula is C22H23ClF2N6O2S. The smallest absolute Gasteiger partial charge is 0.237 e. The van der Waals surface area contributed by atoms with E-state index in [0.717, 1.165) is 19.0 Å². The van der Waals surface area contributed by atoms with Crippen LogP contribution in [0.25, 0.3) is 0 Å². The van der Waals surface area contributed by atoms with Gasteiger partial charge in [-0.05, 0) is 43.8 Å². The van der Waals surface area contributed by atoms with Crippen molar-refractivity contribution in [3.63, 3.8) is 0 Å². The summed E-state index contributed by atoms with van der Waals surface area (Å²) in [7, 11) is -2.05. The number of halogens is 3. The van der Waals surface area contributed by atoms with Gasteiger partial charge in [0.15, 0.2) is 0 Å². The summed E-state index contributed by atoms with van der Waals surface area (Å²) in [6.45, 7) is 1.44. The van der Waals surface area contributed by atoms with Gasteiger partial charge in [-0.25, -0.2) is 27.2 Å². The number of anilines is 4. The molecule has 12 heteroatoms. The second kappa shape index (κ2) is 10.1. The van der Waals surface area contributed by atoms with E-state index in [1.165, 1.54) is 36.9 Å². The van der Waals surface area contributed by atoms with E-state index in [4.69, 9.17) is 11.6 Å². The third-order valence-corrected chi connectivity index (χ3v) is 7.03. The molecule has 180 valence electrons. The van der Waals surface area contributed by atoms with E-state index in [-0.39, 0.29) is 33.8 Å². The molecule has 4 rings (SSSR count). The van der Waals surface area contributed by atoms with Crippen molar-refractivity contribution < 1.29 is 17.2 Å². The van der Waals surface area contributed by atoms with E-state index < -0.39 is 21.6 Å². The number of likely N-dealkylation sites (N-methyl/N-ethyl adjacent to an activating group) is 1. The summed E-state index contributed by atoms with van der Waals surface area (Å²) in [5.41, 5.74) is 1.50. The topological polar surface area (TPSA) is 99.2 Å². The van der Waals surface area contributed by atoms with Gasteiger partial charge in [0.25, 0.3) is 0 Å². The quantitative estimate of drug-likeness (QED) is 0.424. The van der Waals surface area contributed by atoms with Gasteiger partial charge >= 0.3 is 0 Å². The number of nitrogens with zero attached hydrogens (tertiary/aromatic N) is 3. The maximum atomic E-state index is 14.9. The lowest BCUT2D eigenvalue weighted by Crippen LogP contribution is -2.29. The second-order valence-electron chi connectivity index (χ2n) is 7.92. The minimum atomic E-state index is -3.93. The highest BCUT2D eigenvalue weighted by Crippen LogP contribution is 2.35. The van der Waals surface area contributed by atoms with Gasteiger partial charge in [0.1, 0.15) is 18.0 Å². The molecule has 0 amide bonds. The molecule has 0 bridgehead atoms. The first-order chi connectivity index (χ1) is 16.2. The van der Waals surface area contributed by atoms with Crippen LogP contribution < -0.4 is 20.3 Å². The number of nitrogens with one attached hydrogen (secondary N) is 3. The summed E-state index contributed by atoms with van der Waals surface area (Å²) in [6, 6.07) is 6.97. The number of sulfonamides is 1. The molecule has 1 fully saturated rings. The van der Waals surface area contributed by atoms with Crippen molar-refractivity contribution in [3.8, 4) is 0 Å². The predicted octanol–water partition coefficient (Wildman–Crippen LogP) is 3.89. The Balaban J connectivity index is 1.55. The first kappa shape index (κ1) is 24.1. The Kier molecular flexibility index (Phi) is 7.15. The van der Waals surface area contributed by atoms with Crippen LogP contribution in [0.1, 0.15) is 12.0 Å². The van der Waals surface area contributed by atoms with E-state index in [1.54, 1.807) is 6.07 Å². The molecule has 1 unspecified atom stereocenters. The molecule has 2 heterocycles. The normalized spacial score (nSPS) is 16.0. The molecule has 0 spiro atoms. The average molecular weight is 509 g/mol. The molecule has 3 aromatic rings. The zero-order valence-electron chi connectivity index (χ0n) is 18.2. The average Bonchev–Trinajstić information content (AvgIpc) is 3.27. The lowest BCUT2D eigenvalue weighted by atomic mass is 10.2. The molecule has 0 saturated carbocycles. The number of hydrogen-bond acceptors (Lipinski definition) is 7. The predicted molar refractivity (Wildman–Crippen MR) is 129 cm³/mol. The lowest BCUT2D eigenvalue weighted by molar-refractivity contribution is 0.591. The molecule has 1 atom stereocenters. The van der Waals surface area contributed by atoms with Crippen LogP contribution in [-0.2, 0) is 15.8 Å². The highest BCUT2D eigenvalue weighted by atomic mass is 35.5. The van der Waals surface area contributed by atoms with Gasteiger partial charge < -0.3 is 15.5 Å². The standard InChI is InChI=1S/C22H23ClF2N6O2S/c1-26-16-4-5-31(11-16)22-7-15(24)2-3-20(22)29-21-8-19(25)14(6-18(21)23)12-34(32,33)30-17-9-27-13-28-10-17/h2-3,6-10,13,16,26,29-30H,4-5,11-12H2,1H3. The van der Waals surface area contributed by atoms with Gasteiger partial charge in [-0.3, -0.25) is 4.72 Å². The van der Waals surface area contributed by atoms with Gasteiger partial charge in [-0.15, -0.1) is 0 Å². The Morgan fingerprint density at radius 1 is 1.15 bits per heavy atom. The van der Waals surface area contributed by atoms with E-state index in [9.17, 15) is 17.2 Å². The fourth-order valence-corrected chi connectivity index (χ4v) is 5.20. The van der Waals surface area contributed by atoms with Crippen molar-refractivity contribution in [2.24, 2.45) is 0 Å². The SMILES string of the molecule is CNC1CCN(c2cc(F)ccc2Nc2cc(F)c(CS(=O)(=O)Nc3cncnc3)cc2Cl)C1. The van der Waals surface area contributed by atoms with Crippen LogP contribution >= 0.6 is 11.6 Å². The molecule has 1 aliphatic rings. The Morgan fingerprint density at radius 2 is 1.91 bits per heavy atom. The van der Waals surface area contributed by atoms with Crippen molar-refractivity contribution in [2.75, 3.05) is 35.1 Å². The summed E-state index contributed by atoms with van der Waals surface area (Å²) in [5, 5.41) is 6.41. The molecule has 1 saturated heterocycles. The third kappa shape index (κ3) is 5.72. The Morgan fingerprint density at radius 3 is 2.62 bits per heavy atom. The molecule has 1 aliphatic heterocycles. The summed E-state index contributed by atoms with van der Waals surface area (Å²) in [6.07, 6.45) is 4.76. The number of rotatable bonds is 8. The Hall–Kier alpha value is -3.02. The van der Waals surface area contributed by atoms with Crippen molar-refractivity contribution in [1.29, 1.82) is 0 Å². The molecule has 1 aromatic heterocycles. The van der Waals surface area contributed by atoms with E-state index >= 15 is 0 Å². The second-order valence-corrected chi connectivity index (χ2v) is 10.0. The van der Waals surface area contributed by atoms with Crippen LogP contribution in [0.2, 0.25) is 5.02 Å². The monoisotopic (exact) mass is 508 g/mol. The van der Waals surface area contributed by atoms with Crippen LogP contribution in [0, 0.1) is 11.6 Å². The molecular weight excluding hydrogens is 486 g/mol. The maximum Gasteiger partial charge on any atom is 0.237 e. The summed E-state index contributed by atoms with van der Waals surface area (Å²) in [4.78, 5) is 9.51. The Bertz CT molecular complexity index is 1280. The zero-order valence-corrected chi connectivity index (χ0v) is 19.8. The van der Waals surface area contributed by atoms with Crippen molar-refractivity contribution in [3.05, 3.63) is 71.3 Å². The van der Waals surface area contributed by atoms with Gasteiger partial charge in [-0.1, -0.05) is 11.6 Å². The number of benzene rings is 2. The van der Waals surface area contributed by atoms with E-state index in [2.05, 4.69) is 25.3 Å². The van der Waals surface area contributed by atoms with Crippen LogP contribution in [0.4, 0.5) is 31.5 Å². The summed E-state index contributed by atoms with van der Waals surface area (Å²) >= 11 is 6.37. The van der Waals surface area contributed by atoms with Crippen LogP contribution in [0.15, 0.2) is 49.1 Å². The van der Waals surface area contributed by atoms with Crippen molar-refractivity contribution in [2.45, 2.75) is 18.2 Å². The van der Waals surface area contributed by atoms with Crippen molar-refractivity contribution >= 4 is 44.4 Å². The fraction of sp³-hybridized carbons (Fsp3) is 0.273. The van der Waals surface area contributed by atoms with Crippen LogP contribution in [0.3, 0.4) is 0 Å². The molecule has 2 aromatic carbocycles. The first-order valence-electron chi connectivity index (χ1n) is 10.5. The third-order valence-electron chi connectivity index (χ3n) is 5.48. The van der Waals surface area contributed by atoms with Crippen LogP contribution in [0.5, 0.6) is 0 Å². The molecule has 8 nitrogen and oxygen atoms in total. The van der Waals surface area contributed by atoms with Gasteiger partial charge in [0.2, 0.25) is 10.0 Å². The minimum absolute atomic E-state index is 0.101. The molecule has 3 N–H and O–H groups in total. The highest BCUT2D eigenvalue weighted by molar-refractivity contribution is 7.91. The molecule has 34 heavy (non-hydrogen) atoms. The molecule has 0 radical (unpaired) electrons. The van der Waals surface area contributed by atoms with Crippen LogP contribution in [-0.4, -0.2) is 44.6 Å². The number of hydrogen-bond donors (Lipinski definition) is 3. The maximum absolute atomic E-state index is 14.9.